The van der Waals surface area contributed by atoms with Crippen LogP contribution in [0.3, 0.4) is 0 Å². The molecule has 1 saturated heterocycles. The average molecular weight is 415 g/mol. The smallest absolute Gasteiger partial charge is 0.262 e. The van der Waals surface area contributed by atoms with E-state index < -0.39 is 0 Å². The Kier molecular flexibility index (Phi) is 7.12. The Morgan fingerprint density at radius 2 is 1.62 bits per heavy atom. The predicted octanol–water partition coefficient (Wildman–Crippen LogP) is 4.05. The van der Waals surface area contributed by atoms with Crippen LogP contribution in [0.4, 0.5) is 0 Å². The van der Waals surface area contributed by atoms with Crippen LogP contribution in [0.25, 0.3) is 10.9 Å². The summed E-state index contributed by atoms with van der Waals surface area (Å²) in [5.41, 5.74) is 0.471. The standard InChI is InChI=1S/C14H14Cl2N2OS.C4H10N2/c15-8-6-10-12(11(16)7-8)17-14(20)18(13(10)19)9-4-2-1-3-5-9;1-2-6-4-3-5-1/h6-7,9H,1-5H2,(H,17,20);5-6H,1-4H2. The van der Waals surface area contributed by atoms with E-state index in [0.717, 1.165) is 51.9 Å². The molecule has 26 heavy (non-hydrogen) atoms. The monoisotopic (exact) mass is 414 g/mol. The summed E-state index contributed by atoms with van der Waals surface area (Å²) in [5, 5.41) is 7.83. The van der Waals surface area contributed by atoms with E-state index in [1.165, 1.54) is 6.42 Å². The summed E-state index contributed by atoms with van der Waals surface area (Å²) in [6.45, 7) is 4.56. The lowest BCUT2D eigenvalue weighted by molar-refractivity contribution is 0.342. The first kappa shape index (κ1) is 19.8. The minimum Gasteiger partial charge on any atom is -0.330 e. The normalized spacial score (nSPS) is 18.4. The number of halogens is 2. The molecule has 2 aromatic rings. The Balaban J connectivity index is 0.000000278. The maximum Gasteiger partial charge on any atom is 0.262 e. The van der Waals surface area contributed by atoms with Gasteiger partial charge in [-0.05, 0) is 37.2 Å². The molecule has 3 N–H and O–H groups in total. The number of piperazine rings is 1. The zero-order chi connectivity index (χ0) is 18.5. The minimum atomic E-state index is -0.0972. The van der Waals surface area contributed by atoms with Crippen molar-refractivity contribution < 1.29 is 0 Å². The first-order chi connectivity index (χ1) is 12.6. The van der Waals surface area contributed by atoms with Crippen molar-refractivity contribution in [1.29, 1.82) is 0 Å². The van der Waals surface area contributed by atoms with Crippen molar-refractivity contribution in [1.82, 2.24) is 20.2 Å². The van der Waals surface area contributed by atoms with E-state index in [1.54, 1.807) is 16.7 Å². The van der Waals surface area contributed by atoms with Crippen molar-refractivity contribution in [3.8, 4) is 0 Å². The molecule has 142 valence electrons. The van der Waals surface area contributed by atoms with E-state index >= 15 is 0 Å². The van der Waals surface area contributed by atoms with Gasteiger partial charge in [-0.3, -0.25) is 9.36 Å². The van der Waals surface area contributed by atoms with Crippen LogP contribution in [0.1, 0.15) is 38.1 Å². The number of aromatic amines is 1. The van der Waals surface area contributed by atoms with Crippen LogP contribution >= 0.6 is 35.4 Å². The van der Waals surface area contributed by atoms with E-state index in [2.05, 4.69) is 15.6 Å². The Morgan fingerprint density at radius 3 is 2.19 bits per heavy atom. The van der Waals surface area contributed by atoms with E-state index in [1.807, 2.05) is 0 Å². The van der Waals surface area contributed by atoms with Gasteiger partial charge in [0.15, 0.2) is 4.77 Å². The van der Waals surface area contributed by atoms with Gasteiger partial charge in [-0.2, -0.15) is 0 Å². The second kappa shape index (κ2) is 9.33. The Hall–Kier alpha value is -0.920. The first-order valence-electron chi connectivity index (χ1n) is 9.13. The maximum absolute atomic E-state index is 12.7. The molecule has 1 aromatic heterocycles. The van der Waals surface area contributed by atoms with Gasteiger partial charge in [-0.25, -0.2) is 0 Å². The highest BCUT2D eigenvalue weighted by atomic mass is 35.5. The average Bonchev–Trinajstić information content (AvgIpc) is 2.66. The lowest BCUT2D eigenvalue weighted by atomic mass is 9.95. The largest absolute Gasteiger partial charge is 0.330 e. The number of hydrogen-bond donors (Lipinski definition) is 3. The molecule has 0 amide bonds. The van der Waals surface area contributed by atoms with Gasteiger partial charge >= 0.3 is 0 Å². The van der Waals surface area contributed by atoms with Gasteiger partial charge in [0.25, 0.3) is 5.56 Å². The summed E-state index contributed by atoms with van der Waals surface area (Å²) in [6, 6.07) is 3.44. The van der Waals surface area contributed by atoms with Gasteiger partial charge in [-0.15, -0.1) is 0 Å². The van der Waals surface area contributed by atoms with Crippen LogP contribution in [0, 0.1) is 4.77 Å². The van der Waals surface area contributed by atoms with E-state index in [-0.39, 0.29) is 11.6 Å². The van der Waals surface area contributed by atoms with E-state index in [9.17, 15) is 4.79 Å². The van der Waals surface area contributed by atoms with Crippen molar-refractivity contribution in [3.05, 3.63) is 37.3 Å². The summed E-state index contributed by atoms with van der Waals surface area (Å²) < 4.78 is 2.14. The molecule has 2 aliphatic rings. The SMILES string of the molecule is C1CNCCN1.O=c1c2cc(Cl)cc(Cl)c2[nH]c(=S)n1C1CCCCC1. The van der Waals surface area contributed by atoms with Crippen molar-refractivity contribution in [2.45, 2.75) is 38.1 Å². The number of fused-ring (bicyclic) bond motifs is 1. The quantitative estimate of drug-likeness (QED) is 0.615. The third-order valence-electron chi connectivity index (χ3n) is 4.85. The third kappa shape index (κ3) is 4.67. The molecule has 8 heteroatoms. The molecular formula is C18H24Cl2N4OS. The van der Waals surface area contributed by atoms with Gasteiger partial charge in [0.1, 0.15) is 0 Å². The number of aromatic nitrogens is 2. The fourth-order valence-corrected chi connectivity index (χ4v) is 4.41. The fraction of sp³-hybridized carbons (Fsp3) is 0.556. The molecule has 1 aliphatic carbocycles. The van der Waals surface area contributed by atoms with Crippen LogP contribution < -0.4 is 16.2 Å². The summed E-state index contributed by atoms with van der Waals surface area (Å²) in [4.78, 5) is 15.8. The highest BCUT2D eigenvalue weighted by molar-refractivity contribution is 7.71. The molecule has 2 heterocycles. The predicted molar refractivity (Wildman–Crippen MR) is 111 cm³/mol. The second-order valence-electron chi connectivity index (χ2n) is 6.71. The molecule has 0 radical (unpaired) electrons. The van der Waals surface area contributed by atoms with Crippen LogP contribution in [0.15, 0.2) is 16.9 Å². The molecule has 1 aliphatic heterocycles. The summed E-state index contributed by atoms with van der Waals surface area (Å²) in [6.07, 6.45) is 5.50. The molecule has 1 aromatic carbocycles. The molecular weight excluding hydrogens is 391 g/mol. The third-order valence-corrected chi connectivity index (χ3v) is 5.67. The highest BCUT2D eigenvalue weighted by Crippen LogP contribution is 2.29. The Labute approximate surface area is 168 Å². The topological polar surface area (TPSA) is 61.8 Å². The lowest BCUT2D eigenvalue weighted by Gasteiger charge is -2.24. The van der Waals surface area contributed by atoms with Crippen molar-refractivity contribution in [2.24, 2.45) is 0 Å². The van der Waals surface area contributed by atoms with Crippen LogP contribution in [0.5, 0.6) is 0 Å². The number of benzene rings is 1. The summed E-state index contributed by atoms with van der Waals surface area (Å²) >= 11 is 17.5. The molecule has 0 unspecified atom stereocenters. The Morgan fingerprint density at radius 1 is 1.00 bits per heavy atom. The molecule has 1 saturated carbocycles. The summed E-state index contributed by atoms with van der Waals surface area (Å²) in [7, 11) is 0. The zero-order valence-electron chi connectivity index (χ0n) is 14.6. The Bertz CT molecular complexity index is 858. The fourth-order valence-electron chi connectivity index (χ4n) is 3.53. The molecule has 4 rings (SSSR count). The van der Waals surface area contributed by atoms with Gasteiger partial charge < -0.3 is 15.6 Å². The molecule has 5 nitrogen and oxygen atoms in total. The van der Waals surface area contributed by atoms with Gasteiger partial charge in [-0.1, -0.05) is 42.5 Å². The molecule has 0 spiro atoms. The molecule has 0 atom stereocenters. The summed E-state index contributed by atoms with van der Waals surface area (Å²) in [5.74, 6) is 0. The van der Waals surface area contributed by atoms with Gasteiger partial charge in [0.05, 0.1) is 15.9 Å². The van der Waals surface area contributed by atoms with E-state index in [4.69, 9.17) is 35.4 Å². The van der Waals surface area contributed by atoms with Crippen LogP contribution in [-0.4, -0.2) is 35.7 Å². The van der Waals surface area contributed by atoms with Crippen molar-refractivity contribution in [2.75, 3.05) is 26.2 Å². The molecule has 0 bridgehead atoms. The van der Waals surface area contributed by atoms with Gasteiger partial charge in [0, 0.05) is 37.2 Å². The van der Waals surface area contributed by atoms with Gasteiger partial charge in [0.2, 0.25) is 0 Å². The first-order valence-corrected chi connectivity index (χ1v) is 10.3. The zero-order valence-corrected chi connectivity index (χ0v) is 16.9. The van der Waals surface area contributed by atoms with Crippen LogP contribution in [-0.2, 0) is 0 Å². The van der Waals surface area contributed by atoms with Crippen LogP contribution in [0.2, 0.25) is 10.0 Å². The number of nitrogens with one attached hydrogen (secondary N) is 3. The number of nitrogens with zero attached hydrogens (tertiary/aromatic N) is 1. The van der Waals surface area contributed by atoms with Crippen molar-refractivity contribution >= 4 is 46.3 Å². The van der Waals surface area contributed by atoms with Crippen molar-refractivity contribution in [3.63, 3.8) is 0 Å². The maximum atomic E-state index is 12.7. The number of H-pyrrole nitrogens is 1. The van der Waals surface area contributed by atoms with E-state index in [0.29, 0.717) is 25.7 Å². The number of hydrogen-bond acceptors (Lipinski definition) is 4. The molecule has 2 fully saturated rings. The second-order valence-corrected chi connectivity index (χ2v) is 7.94. The lowest BCUT2D eigenvalue weighted by Crippen LogP contribution is -2.39. The highest BCUT2D eigenvalue weighted by Gasteiger charge is 2.19. The minimum absolute atomic E-state index is 0.0972. The number of rotatable bonds is 1.